The van der Waals surface area contributed by atoms with E-state index in [0.717, 1.165) is 32.2 Å². The predicted molar refractivity (Wildman–Crippen MR) is 71.9 cm³/mol. The highest BCUT2D eigenvalue weighted by Gasteiger charge is 2.40. The summed E-state index contributed by atoms with van der Waals surface area (Å²) in [6.07, 6.45) is 4.10. The van der Waals surface area contributed by atoms with Crippen molar-refractivity contribution >= 4 is 12.0 Å². The number of aliphatic carboxylic acids is 1. The number of nitrogens with one attached hydrogen (secondary N) is 1. The molecule has 0 spiro atoms. The van der Waals surface area contributed by atoms with Gasteiger partial charge in [0.25, 0.3) is 0 Å². The Hall–Kier alpha value is -1.26. The van der Waals surface area contributed by atoms with Gasteiger partial charge in [0, 0.05) is 19.1 Å². The van der Waals surface area contributed by atoms with E-state index in [9.17, 15) is 9.59 Å². The zero-order valence-electron chi connectivity index (χ0n) is 11.8. The SMILES string of the molecule is CC1CC(C)N(C(=O)NCC2(CC(=O)O)CCC2)C1. The maximum absolute atomic E-state index is 12.1. The van der Waals surface area contributed by atoms with Crippen LogP contribution >= 0.6 is 0 Å². The third-order valence-electron chi connectivity index (χ3n) is 4.60. The number of carboxylic acid groups (broad SMARTS) is 1. The van der Waals surface area contributed by atoms with Crippen molar-refractivity contribution in [1.29, 1.82) is 0 Å². The van der Waals surface area contributed by atoms with Gasteiger partial charge in [0.1, 0.15) is 0 Å². The lowest BCUT2D eigenvalue weighted by atomic mass is 9.66. The smallest absolute Gasteiger partial charge is 0.317 e. The van der Waals surface area contributed by atoms with E-state index in [2.05, 4.69) is 19.2 Å². The molecule has 2 N–H and O–H groups in total. The first kappa shape index (κ1) is 14.2. The van der Waals surface area contributed by atoms with E-state index in [1.54, 1.807) is 0 Å². The number of hydrogen-bond acceptors (Lipinski definition) is 2. The average molecular weight is 268 g/mol. The standard InChI is InChI=1S/C14H24N2O3/c1-10-6-11(2)16(8-10)13(19)15-9-14(4-3-5-14)7-12(17)18/h10-11H,3-9H2,1-2H3,(H,15,19)(H,17,18). The quantitative estimate of drug-likeness (QED) is 0.820. The minimum absolute atomic E-state index is 0.0338. The summed E-state index contributed by atoms with van der Waals surface area (Å²) < 4.78 is 0. The molecule has 5 nitrogen and oxygen atoms in total. The Labute approximate surface area is 114 Å². The maximum atomic E-state index is 12.1. The summed E-state index contributed by atoms with van der Waals surface area (Å²) >= 11 is 0. The topological polar surface area (TPSA) is 69.6 Å². The van der Waals surface area contributed by atoms with E-state index in [1.807, 2.05) is 4.90 Å². The molecule has 1 aliphatic carbocycles. The summed E-state index contributed by atoms with van der Waals surface area (Å²) in [7, 11) is 0. The molecular weight excluding hydrogens is 244 g/mol. The highest BCUT2D eigenvalue weighted by molar-refractivity contribution is 5.75. The highest BCUT2D eigenvalue weighted by atomic mass is 16.4. The number of amides is 2. The van der Waals surface area contributed by atoms with E-state index in [1.165, 1.54) is 0 Å². The Morgan fingerprint density at radius 2 is 2.05 bits per heavy atom. The minimum atomic E-state index is -0.767. The lowest BCUT2D eigenvalue weighted by Crippen LogP contribution is -2.48. The second-order valence-electron chi connectivity index (χ2n) is 6.43. The van der Waals surface area contributed by atoms with Crippen molar-refractivity contribution in [3.8, 4) is 0 Å². The molecule has 1 heterocycles. The summed E-state index contributed by atoms with van der Waals surface area (Å²) in [4.78, 5) is 24.9. The van der Waals surface area contributed by atoms with Crippen LogP contribution in [0.25, 0.3) is 0 Å². The Morgan fingerprint density at radius 3 is 2.47 bits per heavy atom. The fourth-order valence-corrected chi connectivity index (χ4v) is 3.36. The van der Waals surface area contributed by atoms with E-state index >= 15 is 0 Å². The second kappa shape index (κ2) is 5.39. The number of urea groups is 1. The average Bonchev–Trinajstić information content (AvgIpc) is 2.60. The number of carboxylic acids is 1. The number of likely N-dealkylation sites (tertiary alicyclic amines) is 1. The number of hydrogen-bond donors (Lipinski definition) is 2. The molecule has 1 aliphatic heterocycles. The van der Waals surface area contributed by atoms with Crippen molar-refractivity contribution in [3.05, 3.63) is 0 Å². The van der Waals surface area contributed by atoms with Crippen LogP contribution in [-0.4, -0.2) is 41.1 Å². The lowest BCUT2D eigenvalue weighted by molar-refractivity contribution is -0.141. The lowest BCUT2D eigenvalue weighted by Gasteiger charge is -2.41. The number of nitrogens with zero attached hydrogens (tertiary/aromatic N) is 1. The van der Waals surface area contributed by atoms with Crippen molar-refractivity contribution in [3.63, 3.8) is 0 Å². The first-order valence-electron chi connectivity index (χ1n) is 7.18. The monoisotopic (exact) mass is 268 g/mol. The van der Waals surface area contributed by atoms with Crippen LogP contribution in [0.4, 0.5) is 4.79 Å². The first-order chi connectivity index (χ1) is 8.92. The van der Waals surface area contributed by atoms with Crippen LogP contribution in [0.5, 0.6) is 0 Å². The Balaban J connectivity index is 1.84. The van der Waals surface area contributed by atoms with Crippen molar-refractivity contribution in [2.45, 2.75) is 52.0 Å². The van der Waals surface area contributed by atoms with E-state index in [0.29, 0.717) is 12.5 Å². The van der Waals surface area contributed by atoms with E-state index in [4.69, 9.17) is 5.11 Å². The van der Waals surface area contributed by atoms with Gasteiger partial charge in [-0.1, -0.05) is 13.3 Å². The number of carbonyl (C=O) groups excluding carboxylic acids is 1. The fraction of sp³-hybridized carbons (Fsp3) is 0.857. The van der Waals surface area contributed by atoms with Gasteiger partial charge in [-0.3, -0.25) is 4.79 Å². The fourth-order valence-electron chi connectivity index (χ4n) is 3.36. The summed E-state index contributed by atoms with van der Waals surface area (Å²) in [5.41, 5.74) is -0.198. The van der Waals surface area contributed by atoms with Crippen LogP contribution in [0.3, 0.4) is 0 Å². The molecule has 2 aliphatic rings. The molecule has 2 rings (SSSR count). The molecular formula is C14H24N2O3. The summed E-state index contributed by atoms with van der Waals surface area (Å²) in [5.74, 6) is -0.213. The van der Waals surface area contributed by atoms with Gasteiger partial charge in [0.05, 0.1) is 6.42 Å². The molecule has 0 radical (unpaired) electrons. The molecule has 5 heteroatoms. The normalized spacial score (nSPS) is 28.8. The van der Waals surface area contributed by atoms with E-state index < -0.39 is 5.97 Å². The summed E-state index contributed by atoms with van der Waals surface area (Å²) in [6.45, 7) is 5.52. The maximum Gasteiger partial charge on any atom is 0.317 e. The molecule has 2 atom stereocenters. The van der Waals surface area contributed by atoms with Crippen LogP contribution in [0.2, 0.25) is 0 Å². The predicted octanol–water partition coefficient (Wildman–Crippen LogP) is 2.07. The van der Waals surface area contributed by atoms with Gasteiger partial charge in [-0.05, 0) is 37.5 Å². The molecule has 0 aromatic heterocycles. The molecule has 2 unspecified atom stereocenters. The van der Waals surface area contributed by atoms with Crippen molar-refractivity contribution in [2.75, 3.05) is 13.1 Å². The summed E-state index contributed by atoms with van der Waals surface area (Å²) in [6, 6.07) is 0.250. The zero-order chi connectivity index (χ0) is 14.0. The van der Waals surface area contributed by atoms with Gasteiger partial charge in [0.15, 0.2) is 0 Å². The molecule has 1 saturated heterocycles. The van der Waals surface area contributed by atoms with Crippen LogP contribution in [0, 0.1) is 11.3 Å². The van der Waals surface area contributed by atoms with Crippen molar-refractivity contribution in [2.24, 2.45) is 11.3 Å². The third-order valence-corrected chi connectivity index (χ3v) is 4.60. The first-order valence-corrected chi connectivity index (χ1v) is 7.18. The molecule has 108 valence electrons. The van der Waals surface area contributed by atoms with Gasteiger partial charge >= 0.3 is 12.0 Å². The van der Waals surface area contributed by atoms with Crippen LogP contribution in [0.15, 0.2) is 0 Å². The van der Waals surface area contributed by atoms with Crippen LogP contribution in [-0.2, 0) is 4.79 Å². The van der Waals surface area contributed by atoms with Crippen molar-refractivity contribution < 1.29 is 14.7 Å². The molecule has 0 aromatic rings. The minimum Gasteiger partial charge on any atom is -0.481 e. The van der Waals surface area contributed by atoms with Gasteiger partial charge in [0.2, 0.25) is 0 Å². The molecule has 0 bridgehead atoms. The molecule has 2 fully saturated rings. The summed E-state index contributed by atoms with van der Waals surface area (Å²) in [5, 5.41) is 11.9. The van der Waals surface area contributed by atoms with Gasteiger partial charge in [-0.2, -0.15) is 0 Å². The Morgan fingerprint density at radius 1 is 1.37 bits per heavy atom. The van der Waals surface area contributed by atoms with Crippen LogP contribution in [0.1, 0.15) is 46.0 Å². The van der Waals surface area contributed by atoms with Crippen molar-refractivity contribution in [1.82, 2.24) is 10.2 Å². The largest absolute Gasteiger partial charge is 0.481 e. The number of rotatable bonds is 4. The molecule has 19 heavy (non-hydrogen) atoms. The second-order valence-corrected chi connectivity index (χ2v) is 6.43. The van der Waals surface area contributed by atoms with E-state index in [-0.39, 0.29) is 23.9 Å². The Kier molecular flexibility index (Phi) is 4.02. The highest BCUT2D eigenvalue weighted by Crippen LogP contribution is 2.43. The molecule has 2 amide bonds. The Bertz CT molecular complexity index is 366. The van der Waals surface area contributed by atoms with Gasteiger partial charge < -0.3 is 15.3 Å². The van der Waals surface area contributed by atoms with Gasteiger partial charge in [-0.15, -0.1) is 0 Å². The molecule has 1 saturated carbocycles. The third kappa shape index (κ3) is 3.19. The zero-order valence-corrected chi connectivity index (χ0v) is 11.8. The number of carbonyl (C=O) groups is 2. The van der Waals surface area contributed by atoms with Crippen LogP contribution < -0.4 is 5.32 Å². The van der Waals surface area contributed by atoms with Gasteiger partial charge in [-0.25, -0.2) is 4.79 Å². The molecule has 0 aromatic carbocycles.